The smallest absolute Gasteiger partial charge is 0.358 e. The first kappa shape index (κ1) is 41.6. The number of aldehydes is 1. The molecule has 0 aliphatic heterocycles. The standard InChI is InChI=1S/C21H19FN.C8H9F.C6H8O2.C2H6.CH3.K/c1-4-15-12-19-17(8-9-23-21(19)13-16(15)5-2)11-18-7-6-14(3)10-20(18)22;1-6-3-4-8(9)5-7(6)2;1-5(8)6(4-7)2-3-6;1-2;;/h6-10,12-13H,1,5,11H2,2-3H3;3-5H,1-2H3;4H,2-3H2,1H3;1-2H3;1H3;/q-1;;;;-1;+1. The predicted octanol–water partition coefficient (Wildman–Crippen LogP) is 6.65. The van der Waals surface area contributed by atoms with Crippen molar-refractivity contribution in [3.8, 4) is 0 Å². The van der Waals surface area contributed by atoms with E-state index in [-0.39, 0.29) is 76.2 Å². The van der Waals surface area contributed by atoms with Crippen LogP contribution in [0.25, 0.3) is 10.9 Å². The Morgan fingerprint density at radius 2 is 1.61 bits per heavy atom. The number of halogens is 2. The van der Waals surface area contributed by atoms with Gasteiger partial charge in [-0.25, -0.2) is 8.78 Å². The number of fused-ring (bicyclic) bond motifs is 1. The molecule has 1 aromatic heterocycles. The van der Waals surface area contributed by atoms with Crippen molar-refractivity contribution in [2.75, 3.05) is 0 Å². The summed E-state index contributed by atoms with van der Waals surface area (Å²) in [5, 5.41) is 1.04. The summed E-state index contributed by atoms with van der Waals surface area (Å²) in [6, 6.07) is 16.3. The average molecular weight is 625 g/mol. The van der Waals surface area contributed by atoms with Gasteiger partial charge in [0.1, 0.15) is 23.7 Å². The zero-order valence-corrected chi connectivity index (χ0v) is 31.0. The van der Waals surface area contributed by atoms with E-state index in [9.17, 15) is 18.4 Å². The normalized spacial score (nSPS) is 11.8. The van der Waals surface area contributed by atoms with Gasteiger partial charge in [0.25, 0.3) is 0 Å². The second kappa shape index (κ2) is 19.9. The van der Waals surface area contributed by atoms with Gasteiger partial charge >= 0.3 is 51.4 Å². The van der Waals surface area contributed by atoms with Crippen LogP contribution in [0.15, 0.2) is 67.4 Å². The maximum atomic E-state index is 14.2. The largest absolute Gasteiger partial charge is 1.00 e. The molecule has 0 radical (unpaired) electrons. The number of nitrogens with zero attached hydrogens (tertiary/aromatic N) is 1. The summed E-state index contributed by atoms with van der Waals surface area (Å²) >= 11 is 0. The first-order chi connectivity index (χ1) is 20.0. The molecule has 4 aromatic rings. The summed E-state index contributed by atoms with van der Waals surface area (Å²) in [5.41, 5.74) is 7.43. The molecule has 1 saturated carbocycles. The minimum absolute atomic E-state index is 0. The number of aryl methyl sites for hydroxylation is 4. The van der Waals surface area contributed by atoms with Gasteiger partial charge in [0.15, 0.2) is 0 Å². The number of ketones is 1. The van der Waals surface area contributed by atoms with Gasteiger partial charge in [-0.3, -0.25) is 9.78 Å². The molecule has 3 nitrogen and oxygen atoms in total. The third-order valence-electron chi connectivity index (χ3n) is 7.40. The minimum Gasteiger partial charge on any atom is -0.358 e. The molecule has 0 N–H and O–H groups in total. The van der Waals surface area contributed by atoms with E-state index in [1.165, 1.54) is 24.6 Å². The van der Waals surface area contributed by atoms with Crippen molar-refractivity contribution in [3.63, 3.8) is 0 Å². The quantitative estimate of drug-likeness (QED) is 0.105. The van der Waals surface area contributed by atoms with E-state index in [0.717, 1.165) is 64.3 Å². The zero-order valence-electron chi connectivity index (χ0n) is 27.9. The molecule has 230 valence electrons. The Labute approximate surface area is 306 Å². The second-order valence-electron chi connectivity index (χ2n) is 10.4. The monoisotopic (exact) mass is 624 g/mol. The van der Waals surface area contributed by atoms with E-state index in [1.807, 2.05) is 52.8 Å². The first-order valence-electron chi connectivity index (χ1n) is 14.4. The van der Waals surface area contributed by atoms with Gasteiger partial charge in [-0.2, -0.15) is 24.3 Å². The van der Waals surface area contributed by atoms with Crippen LogP contribution in [0.3, 0.4) is 0 Å². The molecule has 0 bridgehead atoms. The number of benzene rings is 3. The fourth-order valence-corrected chi connectivity index (χ4v) is 4.30. The van der Waals surface area contributed by atoms with Crippen molar-refractivity contribution < 1.29 is 69.8 Å². The maximum absolute atomic E-state index is 14.2. The number of hydrogen-bond acceptors (Lipinski definition) is 3. The number of aromatic nitrogens is 1. The molecule has 0 unspecified atom stereocenters. The Morgan fingerprint density at radius 1 is 0.955 bits per heavy atom. The molecule has 1 fully saturated rings. The van der Waals surface area contributed by atoms with Crippen LogP contribution in [-0.2, 0) is 22.4 Å². The summed E-state index contributed by atoms with van der Waals surface area (Å²) in [6.07, 6.45) is 8.56. The molecule has 0 atom stereocenters. The Hall–Kier alpha value is -2.35. The van der Waals surface area contributed by atoms with Gasteiger partial charge in [0.05, 0.1) is 5.41 Å². The van der Waals surface area contributed by atoms with Crippen LogP contribution in [0.5, 0.6) is 0 Å². The average Bonchev–Trinajstić information content (AvgIpc) is 3.80. The Morgan fingerprint density at radius 3 is 2.07 bits per heavy atom. The zero-order chi connectivity index (χ0) is 31.4. The Kier molecular flexibility index (Phi) is 18.8. The number of carbonyl (C=O) groups is 2. The summed E-state index contributed by atoms with van der Waals surface area (Å²) in [4.78, 5) is 25.1. The van der Waals surface area contributed by atoms with Crippen molar-refractivity contribution in [3.05, 3.63) is 131 Å². The number of Topliss-reactive ketones (excluding diaryl/α,β-unsaturated/α-hetero) is 1. The van der Waals surface area contributed by atoms with Crippen LogP contribution < -0.4 is 51.4 Å². The first-order valence-corrected chi connectivity index (χ1v) is 14.4. The van der Waals surface area contributed by atoms with E-state index >= 15 is 0 Å². The Bertz CT molecular complexity index is 1540. The summed E-state index contributed by atoms with van der Waals surface area (Å²) < 4.78 is 26.5. The minimum atomic E-state index is -0.528. The van der Waals surface area contributed by atoms with Crippen molar-refractivity contribution in [1.82, 2.24) is 4.98 Å². The summed E-state index contributed by atoms with van der Waals surface area (Å²) in [6.45, 7) is 17.1. The van der Waals surface area contributed by atoms with Gasteiger partial charge in [0.2, 0.25) is 0 Å². The van der Waals surface area contributed by atoms with Crippen molar-refractivity contribution >= 4 is 23.0 Å². The maximum Gasteiger partial charge on any atom is 1.00 e. The van der Waals surface area contributed by atoms with Crippen LogP contribution in [0.2, 0.25) is 0 Å². The topological polar surface area (TPSA) is 47.0 Å². The van der Waals surface area contributed by atoms with Gasteiger partial charge in [-0.15, -0.1) is 5.56 Å². The molecule has 3 aromatic carbocycles. The summed E-state index contributed by atoms with van der Waals surface area (Å²) in [5.74, 6) is -0.291. The van der Waals surface area contributed by atoms with Crippen LogP contribution in [0, 0.1) is 51.3 Å². The van der Waals surface area contributed by atoms with Gasteiger partial charge in [-0.05, 0) is 92.6 Å². The number of carbonyl (C=O) groups excluding carboxylic acids is 2. The van der Waals surface area contributed by atoms with Crippen molar-refractivity contribution in [1.29, 1.82) is 0 Å². The van der Waals surface area contributed by atoms with Crippen molar-refractivity contribution in [2.24, 2.45) is 5.41 Å². The molecule has 6 heteroatoms. The number of pyridine rings is 1. The third kappa shape index (κ3) is 11.5. The molecule has 0 saturated heterocycles. The van der Waals surface area contributed by atoms with E-state index in [1.54, 1.807) is 18.3 Å². The molecule has 0 amide bonds. The fourth-order valence-electron chi connectivity index (χ4n) is 4.30. The predicted molar refractivity (Wildman–Crippen MR) is 175 cm³/mol. The molecule has 1 aliphatic rings. The summed E-state index contributed by atoms with van der Waals surface area (Å²) in [7, 11) is 0. The molecular weight excluding hydrogens is 580 g/mol. The number of rotatable bonds is 6. The van der Waals surface area contributed by atoms with Gasteiger partial charge < -0.3 is 12.2 Å². The third-order valence-corrected chi connectivity index (χ3v) is 7.40. The van der Waals surface area contributed by atoms with Crippen LogP contribution in [-0.4, -0.2) is 17.1 Å². The molecular formula is C38H45F2KNO2-. The molecule has 1 heterocycles. The van der Waals surface area contributed by atoms with E-state index in [2.05, 4.69) is 36.7 Å². The SMILES string of the molecule is C=[C-]c1cc2c(Cc3ccc(C)cc3F)ccnc2cc1CC.CC.CC(=O)C1(C=O)CC1.Cc1ccc(F)cc1C.[CH3-].[K+]. The molecule has 44 heavy (non-hydrogen) atoms. The van der Waals surface area contributed by atoms with Crippen LogP contribution in [0.1, 0.15) is 79.5 Å². The molecule has 1 aliphatic carbocycles. The van der Waals surface area contributed by atoms with E-state index < -0.39 is 5.41 Å². The molecule has 5 rings (SSSR count). The van der Waals surface area contributed by atoms with Crippen LogP contribution >= 0.6 is 0 Å². The van der Waals surface area contributed by atoms with Crippen molar-refractivity contribution in [2.45, 2.75) is 74.1 Å². The van der Waals surface area contributed by atoms with Gasteiger partial charge in [-0.1, -0.05) is 56.8 Å². The number of hydrogen-bond donors (Lipinski definition) is 0. The second-order valence-corrected chi connectivity index (χ2v) is 10.4. The molecule has 0 spiro atoms. The van der Waals surface area contributed by atoms with E-state index in [0.29, 0.717) is 12.0 Å². The van der Waals surface area contributed by atoms with Gasteiger partial charge in [0, 0.05) is 18.1 Å². The Balaban J connectivity index is 0.000000728. The van der Waals surface area contributed by atoms with E-state index in [4.69, 9.17) is 0 Å². The van der Waals surface area contributed by atoms with Crippen LogP contribution in [0.4, 0.5) is 8.78 Å². The fraction of sp³-hybridized carbons (Fsp3) is 0.316.